The van der Waals surface area contributed by atoms with Crippen molar-refractivity contribution in [2.45, 2.75) is 6.92 Å². The molecule has 0 fully saturated rings. The Labute approximate surface area is 109 Å². The van der Waals surface area contributed by atoms with E-state index in [9.17, 15) is 4.79 Å². The molecule has 5 heteroatoms. The molecule has 0 saturated carbocycles. The maximum Gasteiger partial charge on any atom is 0.341 e. The van der Waals surface area contributed by atoms with E-state index in [0.717, 1.165) is 5.56 Å². The zero-order chi connectivity index (χ0) is 13.1. The number of rotatable bonds is 3. The van der Waals surface area contributed by atoms with Gasteiger partial charge in [-0.2, -0.15) is 0 Å². The average molecular weight is 264 g/mol. The van der Waals surface area contributed by atoms with Crippen molar-refractivity contribution in [2.75, 3.05) is 0 Å². The number of aromatic carboxylic acids is 1. The lowest BCUT2D eigenvalue weighted by molar-refractivity contribution is 0.0693. The zero-order valence-corrected chi connectivity index (χ0v) is 10.3. The van der Waals surface area contributed by atoms with E-state index in [-0.39, 0.29) is 11.4 Å². The predicted octanol–water partition coefficient (Wildman–Crippen LogP) is 3.53. The third-order valence-corrected chi connectivity index (χ3v) is 2.77. The fourth-order valence-electron chi connectivity index (χ4n) is 1.38. The van der Waals surface area contributed by atoms with E-state index >= 15 is 0 Å². The SMILES string of the molecule is Cc1ccc(Oc2ncccc2C(=O)O)cc1Cl. The van der Waals surface area contributed by atoms with Crippen molar-refractivity contribution in [3.05, 3.63) is 52.7 Å². The topological polar surface area (TPSA) is 59.4 Å². The Hall–Kier alpha value is -2.07. The molecule has 0 aliphatic carbocycles. The molecule has 0 aliphatic heterocycles. The van der Waals surface area contributed by atoms with E-state index in [1.165, 1.54) is 12.3 Å². The molecule has 0 bridgehead atoms. The average Bonchev–Trinajstić information content (AvgIpc) is 2.34. The Kier molecular flexibility index (Phi) is 3.48. The van der Waals surface area contributed by atoms with E-state index in [1.54, 1.807) is 24.3 Å². The molecule has 18 heavy (non-hydrogen) atoms. The second kappa shape index (κ2) is 5.06. The fraction of sp³-hybridized carbons (Fsp3) is 0.0769. The summed E-state index contributed by atoms with van der Waals surface area (Å²) in [6, 6.07) is 8.10. The Balaban J connectivity index is 2.34. The normalized spacial score (nSPS) is 10.1. The molecule has 0 aliphatic rings. The monoisotopic (exact) mass is 263 g/mol. The molecular weight excluding hydrogens is 254 g/mol. The molecule has 2 aromatic rings. The van der Waals surface area contributed by atoms with Gasteiger partial charge in [0, 0.05) is 11.2 Å². The van der Waals surface area contributed by atoms with Gasteiger partial charge in [-0.3, -0.25) is 0 Å². The van der Waals surface area contributed by atoms with E-state index in [1.807, 2.05) is 6.92 Å². The molecular formula is C13H10ClNO3. The molecule has 92 valence electrons. The second-order valence-corrected chi connectivity index (χ2v) is 4.08. The van der Waals surface area contributed by atoms with Gasteiger partial charge in [0.05, 0.1) is 0 Å². The van der Waals surface area contributed by atoms with Gasteiger partial charge in [-0.25, -0.2) is 9.78 Å². The number of nitrogens with zero attached hydrogens (tertiary/aromatic N) is 1. The van der Waals surface area contributed by atoms with Crippen LogP contribution < -0.4 is 4.74 Å². The summed E-state index contributed by atoms with van der Waals surface area (Å²) in [7, 11) is 0. The number of halogens is 1. The van der Waals surface area contributed by atoms with Gasteiger partial charge in [0.15, 0.2) is 0 Å². The molecule has 0 spiro atoms. The van der Waals surface area contributed by atoms with Crippen LogP contribution in [0.2, 0.25) is 5.02 Å². The number of benzene rings is 1. The van der Waals surface area contributed by atoms with Crippen molar-refractivity contribution in [3.8, 4) is 11.6 Å². The van der Waals surface area contributed by atoms with Crippen molar-refractivity contribution < 1.29 is 14.6 Å². The van der Waals surface area contributed by atoms with Crippen LogP contribution in [0.25, 0.3) is 0 Å². The number of carboxylic acid groups (broad SMARTS) is 1. The highest BCUT2D eigenvalue weighted by Crippen LogP contribution is 2.27. The van der Waals surface area contributed by atoms with Crippen LogP contribution in [0.1, 0.15) is 15.9 Å². The maximum atomic E-state index is 11.0. The van der Waals surface area contributed by atoms with Crippen LogP contribution in [0.5, 0.6) is 11.6 Å². The van der Waals surface area contributed by atoms with Crippen LogP contribution >= 0.6 is 11.6 Å². The van der Waals surface area contributed by atoms with Gasteiger partial charge in [-0.05, 0) is 36.8 Å². The fourth-order valence-corrected chi connectivity index (χ4v) is 1.55. The van der Waals surface area contributed by atoms with Gasteiger partial charge in [-0.15, -0.1) is 0 Å². The minimum atomic E-state index is -1.09. The molecule has 1 N–H and O–H groups in total. The van der Waals surface area contributed by atoms with E-state index in [0.29, 0.717) is 10.8 Å². The van der Waals surface area contributed by atoms with Crippen molar-refractivity contribution in [2.24, 2.45) is 0 Å². The van der Waals surface area contributed by atoms with E-state index in [2.05, 4.69) is 4.98 Å². The quantitative estimate of drug-likeness (QED) is 0.920. The van der Waals surface area contributed by atoms with Crippen molar-refractivity contribution >= 4 is 17.6 Å². The summed E-state index contributed by atoms with van der Waals surface area (Å²) in [5.41, 5.74) is 0.928. The summed E-state index contributed by atoms with van der Waals surface area (Å²) < 4.78 is 5.43. The Bertz CT molecular complexity index is 599. The van der Waals surface area contributed by atoms with Crippen LogP contribution in [0.4, 0.5) is 0 Å². The van der Waals surface area contributed by atoms with Crippen molar-refractivity contribution in [1.82, 2.24) is 4.98 Å². The zero-order valence-electron chi connectivity index (χ0n) is 9.55. The largest absolute Gasteiger partial charge is 0.477 e. The minimum Gasteiger partial charge on any atom is -0.477 e. The summed E-state index contributed by atoms with van der Waals surface area (Å²) >= 11 is 5.97. The molecule has 1 aromatic carbocycles. The number of carboxylic acids is 1. The summed E-state index contributed by atoms with van der Waals surface area (Å²) in [5, 5.41) is 9.55. The first-order valence-corrected chi connectivity index (χ1v) is 5.58. The smallest absolute Gasteiger partial charge is 0.341 e. The number of pyridine rings is 1. The molecule has 1 aromatic heterocycles. The van der Waals surface area contributed by atoms with Crippen LogP contribution in [-0.2, 0) is 0 Å². The number of hydrogen-bond donors (Lipinski definition) is 1. The van der Waals surface area contributed by atoms with Gasteiger partial charge < -0.3 is 9.84 Å². The lowest BCUT2D eigenvalue weighted by Gasteiger charge is -2.08. The Morgan fingerprint density at radius 2 is 2.17 bits per heavy atom. The number of carbonyl (C=O) groups is 1. The maximum absolute atomic E-state index is 11.0. The molecule has 2 rings (SSSR count). The van der Waals surface area contributed by atoms with Crippen LogP contribution in [0, 0.1) is 6.92 Å². The van der Waals surface area contributed by atoms with Gasteiger partial charge in [0.25, 0.3) is 0 Å². The van der Waals surface area contributed by atoms with Crippen molar-refractivity contribution in [3.63, 3.8) is 0 Å². The van der Waals surface area contributed by atoms with Crippen LogP contribution in [0.3, 0.4) is 0 Å². The summed E-state index contributed by atoms with van der Waals surface area (Å²) in [4.78, 5) is 14.9. The molecule has 0 amide bonds. The first-order chi connectivity index (χ1) is 8.58. The number of hydrogen-bond acceptors (Lipinski definition) is 3. The lowest BCUT2D eigenvalue weighted by atomic mass is 10.2. The third kappa shape index (κ3) is 2.60. The van der Waals surface area contributed by atoms with Gasteiger partial charge in [-0.1, -0.05) is 17.7 Å². The summed E-state index contributed by atoms with van der Waals surface area (Å²) in [5.74, 6) is -0.590. The molecule has 1 heterocycles. The Morgan fingerprint density at radius 3 is 2.83 bits per heavy atom. The third-order valence-electron chi connectivity index (χ3n) is 2.36. The molecule has 0 unspecified atom stereocenters. The standard InChI is InChI=1S/C13H10ClNO3/c1-8-4-5-9(7-11(8)14)18-12-10(13(16)17)3-2-6-15-12/h2-7H,1H3,(H,16,17). The second-order valence-electron chi connectivity index (χ2n) is 3.67. The Morgan fingerprint density at radius 1 is 1.39 bits per heavy atom. The summed E-state index contributed by atoms with van der Waals surface area (Å²) in [6.45, 7) is 1.87. The van der Waals surface area contributed by atoms with E-state index in [4.69, 9.17) is 21.4 Å². The molecule has 0 atom stereocenters. The highest BCUT2D eigenvalue weighted by Gasteiger charge is 2.12. The van der Waals surface area contributed by atoms with Crippen LogP contribution in [0.15, 0.2) is 36.5 Å². The highest BCUT2D eigenvalue weighted by atomic mass is 35.5. The van der Waals surface area contributed by atoms with E-state index < -0.39 is 5.97 Å². The molecule has 0 radical (unpaired) electrons. The first-order valence-electron chi connectivity index (χ1n) is 5.20. The van der Waals surface area contributed by atoms with Crippen molar-refractivity contribution in [1.29, 1.82) is 0 Å². The number of aromatic nitrogens is 1. The highest BCUT2D eigenvalue weighted by molar-refractivity contribution is 6.31. The first kappa shape index (κ1) is 12.4. The van der Waals surface area contributed by atoms with Crippen LogP contribution in [-0.4, -0.2) is 16.1 Å². The number of ether oxygens (including phenoxy) is 1. The van der Waals surface area contributed by atoms with Gasteiger partial charge in [0.1, 0.15) is 11.3 Å². The predicted molar refractivity (Wildman–Crippen MR) is 67.5 cm³/mol. The number of aryl methyl sites for hydroxylation is 1. The molecule has 4 nitrogen and oxygen atoms in total. The summed E-state index contributed by atoms with van der Waals surface area (Å²) in [6.07, 6.45) is 1.47. The minimum absolute atomic E-state index is 0.00852. The van der Waals surface area contributed by atoms with Gasteiger partial charge >= 0.3 is 5.97 Å². The molecule has 0 saturated heterocycles. The van der Waals surface area contributed by atoms with Gasteiger partial charge in [0.2, 0.25) is 5.88 Å². The lowest BCUT2D eigenvalue weighted by Crippen LogP contribution is -2.01.